The van der Waals surface area contributed by atoms with Crippen molar-refractivity contribution >= 4 is 11.6 Å². The summed E-state index contributed by atoms with van der Waals surface area (Å²) < 4.78 is 2.21. The van der Waals surface area contributed by atoms with E-state index in [1.807, 2.05) is 12.1 Å². The van der Waals surface area contributed by atoms with Crippen LogP contribution in [0.1, 0.15) is 43.1 Å². The lowest BCUT2D eigenvalue weighted by molar-refractivity contribution is 0.278. The first kappa shape index (κ1) is 13.7. The highest BCUT2D eigenvalue weighted by atomic mass is 35.5. The standard InChI is InChI=1S/C17H21ClN2/c1-11-4-5-13(18)15(8-11)20-7-6-12-14(19)9-17(2,3)10-16(12)20/h4-8,14H,9-10,19H2,1-3H3. The Bertz CT molecular complexity index is 655. The largest absolute Gasteiger partial charge is 0.324 e. The summed E-state index contributed by atoms with van der Waals surface area (Å²) in [7, 11) is 0. The van der Waals surface area contributed by atoms with Gasteiger partial charge in [0.05, 0.1) is 10.7 Å². The number of nitrogens with two attached hydrogens (primary N) is 1. The lowest BCUT2D eigenvalue weighted by Crippen LogP contribution is -2.30. The van der Waals surface area contributed by atoms with Crippen molar-refractivity contribution in [3.05, 3.63) is 52.3 Å². The van der Waals surface area contributed by atoms with Gasteiger partial charge in [0.2, 0.25) is 0 Å². The lowest BCUT2D eigenvalue weighted by Gasteiger charge is -2.34. The number of aromatic nitrogens is 1. The van der Waals surface area contributed by atoms with Crippen molar-refractivity contribution in [2.45, 2.75) is 39.7 Å². The normalized spacial score (nSPS) is 20.8. The van der Waals surface area contributed by atoms with Crippen LogP contribution in [0.3, 0.4) is 0 Å². The van der Waals surface area contributed by atoms with Crippen LogP contribution in [0.15, 0.2) is 30.5 Å². The maximum atomic E-state index is 6.39. The third kappa shape index (κ3) is 2.27. The number of hydrogen-bond donors (Lipinski definition) is 1. The van der Waals surface area contributed by atoms with E-state index in [0.29, 0.717) is 0 Å². The third-order valence-corrected chi connectivity index (χ3v) is 4.53. The van der Waals surface area contributed by atoms with Crippen molar-refractivity contribution in [2.24, 2.45) is 11.1 Å². The molecule has 0 fully saturated rings. The molecule has 0 radical (unpaired) electrons. The fraction of sp³-hybridized carbons (Fsp3) is 0.412. The number of aryl methyl sites for hydroxylation is 1. The monoisotopic (exact) mass is 288 g/mol. The van der Waals surface area contributed by atoms with Gasteiger partial charge in [-0.15, -0.1) is 0 Å². The summed E-state index contributed by atoms with van der Waals surface area (Å²) >= 11 is 6.39. The van der Waals surface area contributed by atoms with Gasteiger partial charge in [0, 0.05) is 17.9 Å². The zero-order valence-corrected chi connectivity index (χ0v) is 13.0. The Morgan fingerprint density at radius 3 is 2.80 bits per heavy atom. The summed E-state index contributed by atoms with van der Waals surface area (Å²) in [4.78, 5) is 0. The van der Waals surface area contributed by atoms with E-state index >= 15 is 0 Å². The SMILES string of the molecule is Cc1ccc(Cl)c(-n2ccc3c2CC(C)(C)CC3N)c1. The Morgan fingerprint density at radius 1 is 1.30 bits per heavy atom. The minimum absolute atomic E-state index is 0.124. The van der Waals surface area contributed by atoms with Crippen molar-refractivity contribution < 1.29 is 0 Å². The predicted octanol–water partition coefficient (Wildman–Crippen LogP) is 4.41. The molecule has 1 aliphatic rings. The van der Waals surface area contributed by atoms with Crippen molar-refractivity contribution in [2.75, 3.05) is 0 Å². The predicted molar refractivity (Wildman–Crippen MR) is 84.5 cm³/mol. The zero-order valence-electron chi connectivity index (χ0n) is 12.3. The molecule has 3 heteroatoms. The Morgan fingerprint density at radius 2 is 2.05 bits per heavy atom. The van der Waals surface area contributed by atoms with Crippen LogP contribution in [0, 0.1) is 12.3 Å². The van der Waals surface area contributed by atoms with Gasteiger partial charge in [-0.25, -0.2) is 0 Å². The van der Waals surface area contributed by atoms with Crippen LogP contribution in [0.5, 0.6) is 0 Å². The Balaban J connectivity index is 2.16. The first-order valence-corrected chi connectivity index (χ1v) is 7.47. The molecule has 106 valence electrons. The highest BCUT2D eigenvalue weighted by Crippen LogP contribution is 2.41. The lowest BCUT2D eigenvalue weighted by atomic mass is 9.74. The minimum atomic E-state index is 0.124. The van der Waals surface area contributed by atoms with Crippen LogP contribution < -0.4 is 5.73 Å². The second kappa shape index (κ2) is 4.64. The molecule has 2 aromatic rings. The van der Waals surface area contributed by atoms with E-state index < -0.39 is 0 Å². The van der Waals surface area contributed by atoms with Crippen LogP contribution in [0.2, 0.25) is 5.02 Å². The average molecular weight is 289 g/mol. The summed E-state index contributed by atoms with van der Waals surface area (Å²) in [6, 6.07) is 8.41. The quantitative estimate of drug-likeness (QED) is 0.828. The van der Waals surface area contributed by atoms with Crippen LogP contribution in [-0.4, -0.2) is 4.57 Å². The Hall–Kier alpha value is -1.25. The van der Waals surface area contributed by atoms with Crippen molar-refractivity contribution in [1.82, 2.24) is 4.57 Å². The van der Waals surface area contributed by atoms with E-state index in [1.165, 1.54) is 16.8 Å². The number of hydrogen-bond acceptors (Lipinski definition) is 1. The molecular weight excluding hydrogens is 268 g/mol. The summed E-state index contributed by atoms with van der Waals surface area (Å²) in [6.45, 7) is 6.65. The van der Waals surface area contributed by atoms with E-state index in [-0.39, 0.29) is 11.5 Å². The smallest absolute Gasteiger partial charge is 0.0646 e. The highest BCUT2D eigenvalue weighted by Gasteiger charge is 2.32. The van der Waals surface area contributed by atoms with Gasteiger partial charge < -0.3 is 10.3 Å². The van der Waals surface area contributed by atoms with Gasteiger partial charge in [0.1, 0.15) is 0 Å². The van der Waals surface area contributed by atoms with Crippen LogP contribution in [0.25, 0.3) is 5.69 Å². The molecular formula is C17H21ClN2. The molecule has 0 bridgehead atoms. The fourth-order valence-electron chi connectivity index (χ4n) is 3.27. The van der Waals surface area contributed by atoms with Gasteiger partial charge in [0.25, 0.3) is 0 Å². The molecule has 20 heavy (non-hydrogen) atoms. The second-order valence-electron chi connectivity index (χ2n) is 6.69. The van der Waals surface area contributed by atoms with Crippen LogP contribution >= 0.6 is 11.6 Å². The minimum Gasteiger partial charge on any atom is -0.324 e. The van der Waals surface area contributed by atoms with Crippen molar-refractivity contribution in [3.8, 4) is 5.69 Å². The molecule has 1 heterocycles. The molecule has 0 aliphatic heterocycles. The number of benzene rings is 1. The van der Waals surface area contributed by atoms with E-state index in [2.05, 4.69) is 43.7 Å². The molecule has 1 aromatic heterocycles. The molecule has 0 amide bonds. The molecule has 2 nitrogen and oxygen atoms in total. The molecule has 1 aliphatic carbocycles. The van der Waals surface area contributed by atoms with Gasteiger partial charge in [-0.1, -0.05) is 31.5 Å². The average Bonchev–Trinajstić information content (AvgIpc) is 2.74. The van der Waals surface area contributed by atoms with Gasteiger partial charge in [-0.05, 0) is 54.5 Å². The first-order chi connectivity index (χ1) is 9.37. The number of halogens is 1. The number of fused-ring (bicyclic) bond motifs is 1. The maximum Gasteiger partial charge on any atom is 0.0646 e. The third-order valence-electron chi connectivity index (χ3n) is 4.21. The number of nitrogens with zero attached hydrogens (tertiary/aromatic N) is 1. The van der Waals surface area contributed by atoms with Crippen molar-refractivity contribution in [1.29, 1.82) is 0 Å². The molecule has 0 saturated carbocycles. The highest BCUT2D eigenvalue weighted by molar-refractivity contribution is 6.32. The van der Waals surface area contributed by atoms with E-state index in [4.69, 9.17) is 17.3 Å². The fourth-order valence-corrected chi connectivity index (χ4v) is 3.48. The molecule has 0 spiro atoms. The van der Waals surface area contributed by atoms with Gasteiger partial charge in [-0.3, -0.25) is 0 Å². The molecule has 1 unspecified atom stereocenters. The maximum absolute atomic E-state index is 6.39. The summed E-state index contributed by atoms with van der Waals surface area (Å²) in [5, 5.41) is 0.783. The van der Waals surface area contributed by atoms with E-state index in [0.717, 1.165) is 23.6 Å². The molecule has 0 saturated heterocycles. The van der Waals surface area contributed by atoms with Crippen LogP contribution in [-0.2, 0) is 6.42 Å². The van der Waals surface area contributed by atoms with Crippen molar-refractivity contribution in [3.63, 3.8) is 0 Å². The molecule has 1 aromatic carbocycles. The summed E-state index contributed by atoms with van der Waals surface area (Å²) in [6.07, 6.45) is 4.17. The van der Waals surface area contributed by atoms with Crippen LogP contribution in [0.4, 0.5) is 0 Å². The Kier molecular flexibility index (Phi) is 3.19. The van der Waals surface area contributed by atoms with E-state index in [1.54, 1.807) is 0 Å². The summed E-state index contributed by atoms with van der Waals surface area (Å²) in [5.74, 6) is 0. The van der Waals surface area contributed by atoms with Gasteiger partial charge >= 0.3 is 0 Å². The summed E-state index contributed by atoms with van der Waals surface area (Å²) in [5.41, 5.74) is 11.4. The molecule has 3 rings (SSSR count). The molecule has 1 atom stereocenters. The molecule has 2 N–H and O–H groups in total. The Labute approximate surface area is 125 Å². The van der Waals surface area contributed by atoms with E-state index in [9.17, 15) is 0 Å². The number of rotatable bonds is 1. The van der Waals surface area contributed by atoms with Gasteiger partial charge in [0.15, 0.2) is 0 Å². The first-order valence-electron chi connectivity index (χ1n) is 7.10. The zero-order chi connectivity index (χ0) is 14.5. The van der Waals surface area contributed by atoms with Gasteiger partial charge in [-0.2, -0.15) is 0 Å². The second-order valence-corrected chi connectivity index (χ2v) is 7.10. The topological polar surface area (TPSA) is 30.9 Å².